The van der Waals surface area contributed by atoms with Gasteiger partial charge in [-0.15, -0.1) is 0 Å². The van der Waals surface area contributed by atoms with E-state index in [0.29, 0.717) is 17.5 Å². The predicted molar refractivity (Wildman–Crippen MR) is 66.2 cm³/mol. The summed E-state index contributed by atoms with van der Waals surface area (Å²) in [5.41, 5.74) is 6.80. The monoisotopic (exact) mass is 255 g/mol. The zero-order valence-corrected chi connectivity index (χ0v) is 10.6. The van der Waals surface area contributed by atoms with E-state index in [0.717, 1.165) is 31.9 Å². The number of aryl methyl sites for hydroxylation is 1. The molecule has 0 spiro atoms. The van der Waals surface area contributed by atoms with E-state index < -0.39 is 17.7 Å². The third-order valence-electron chi connectivity index (χ3n) is 3.50. The molecule has 1 aliphatic heterocycles. The van der Waals surface area contributed by atoms with Gasteiger partial charge < -0.3 is 10.5 Å². The highest BCUT2D eigenvalue weighted by Crippen LogP contribution is 2.25. The van der Waals surface area contributed by atoms with Gasteiger partial charge in [0.25, 0.3) is 0 Å². The fraction of sp³-hybridized carbons (Fsp3) is 0.571. The van der Waals surface area contributed by atoms with Crippen molar-refractivity contribution >= 4 is 0 Å². The Kier molecular flexibility index (Phi) is 4.30. The minimum absolute atomic E-state index is 0.251. The van der Waals surface area contributed by atoms with Crippen molar-refractivity contribution in [3.63, 3.8) is 0 Å². The standard InChI is InChI=1S/C14H19F2NO/c1-9-7-11(13(16)8-12(9)15)14(17)5-4-10-3-2-6-18-10/h7-8,10,14H,2-6,17H2,1H3. The second-order valence-electron chi connectivity index (χ2n) is 4.94. The molecule has 0 saturated carbocycles. The average molecular weight is 255 g/mol. The van der Waals surface area contributed by atoms with Crippen LogP contribution in [0.3, 0.4) is 0 Å². The fourth-order valence-electron chi connectivity index (χ4n) is 2.36. The molecule has 1 aromatic rings. The summed E-state index contributed by atoms with van der Waals surface area (Å²) in [7, 11) is 0. The van der Waals surface area contributed by atoms with Gasteiger partial charge in [0.1, 0.15) is 11.6 Å². The van der Waals surface area contributed by atoms with Gasteiger partial charge >= 0.3 is 0 Å². The molecular weight excluding hydrogens is 236 g/mol. The van der Waals surface area contributed by atoms with E-state index in [1.165, 1.54) is 6.07 Å². The van der Waals surface area contributed by atoms with Crippen molar-refractivity contribution in [3.05, 3.63) is 34.9 Å². The zero-order valence-electron chi connectivity index (χ0n) is 10.6. The zero-order chi connectivity index (χ0) is 13.1. The van der Waals surface area contributed by atoms with E-state index >= 15 is 0 Å². The first-order valence-electron chi connectivity index (χ1n) is 6.40. The number of benzene rings is 1. The van der Waals surface area contributed by atoms with E-state index in [1.807, 2.05) is 0 Å². The van der Waals surface area contributed by atoms with Gasteiger partial charge in [0.15, 0.2) is 0 Å². The van der Waals surface area contributed by atoms with E-state index in [2.05, 4.69) is 0 Å². The minimum atomic E-state index is -0.557. The number of ether oxygens (including phenoxy) is 1. The highest BCUT2D eigenvalue weighted by Gasteiger charge is 2.19. The topological polar surface area (TPSA) is 35.2 Å². The molecule has 2 N–H and O–H groups in total. The van der Waals surface area contributed by atoms with Crippen LogP contribution < -0.4 is 5.73 Å². The molecule has 1 aromatic carbocycles. The predicted octanol–water partition coefficient (Wildman–Crippen LogP) is 3.23. The first-order chi connectivity index (χ1) is 8.58. The van der Waals surface area contributed by atoms with Gasteiger partial charge in [0.05, 0.1) is 6.10 Å². The molecule has 0 bridgehead atoms. The maximum Gasteiger partial charge on any atom is 0.130 e. The van der Waals surface area contributed by atoms with Crippen LogP contribution in [0.2, 0.25) is 0 Å². The van der Waals surface area contributed by atoms with Crippen molar-refractivity contribution in [1.82, 2.24) is 0 Å². The molecule has 100 valence electrons. The molecule has 2 unspecified atom stereocenters. The van der Waals surface area contributed by atoms with Crippen LogP contribution in [0, 0.1) is 18.6 Å². The van der Waals surface area contributed by atoms with Crippen molar-refractivity contribution in [1.29, 1.82) is 0 Å². The lowest BCUT2D eigenvalue weighted by Crippen LogP contribution is -2.16. The molecule has 1 heterocycles. The van der Waals surface area contributed by atoms with Crippen LogP contribution in [0.25, 0.3) is 0 Å². The Bertz CT molecular complexity index is 417. The van der Waals surface area contributed by atoms with Gasteiger partial charge in [-0.05, 0) is 44.2 Å². The lowest BCUT2D eigenvalue weighted by molar-refractivity contribution is 0.101. The number of halogens is 2. The van der Waals surface area contributed by atoms with Crippen LogP contribution in [0.15, 0.2) is 12.1 Å². The van der Waals surface area contributed by atoms with Crippen LogP contribution in [-0.2, 0) is 4.74 Å². The quantitative estimate of drug-likeness (QED) is 0.896. The number of nitrogens with two attached hydrogens (primary N) is 1. The Balaban J connectivity index is 1.99. The van der Waals surface area contributed by atoms with Crippen molar-refractivity contribution in [2.45, 2.75) is 44.8 Å². The van der Waals surface area contributed by atoms with Crippen molar-refractivity contribution in [2.24, 2.45) is 5.73 Å². The molecule has 2 nitrogen and oxygen atoms in total. The van der Waals surface area contributed by atoms with Gasteiger partial charge in [-0.25, -0.2) is 8.78 Å². The molecule has 0 aliphatic carbocycles. The summed E-state index contributed by atoms with van der Waals surface area (Å²) in [5.74, 6) is -1.08. The average Bonchev–Trinajstić information content (AvgIpc) is 2.84. The van der Waals surface area contributed by atoms with Gasteiger partial charge in [0.2, 0.25) is 0 Å². The maximum atomic E-state index is 13.6. The lowest BCUT2D eigenvalue weighted by Gasteiger charge is -2.16. The Morgan fingerprint density at radius 3 is 2.83 bits per heavy atom. The summed E-state index contributed by atoms with van der Waals surface area (Å²) in [6.45, 7) is 2.43. The third-order valence-corrected chi connectivity index (χ3v) is 3.50. The first kappa shape index (κ1) is 13.4. The molecule has 0 amide bonds. The largest absolute Gasteiger partial charge is 0.378 e. The highest BCUT2D eigenvalue weighted by atomic mass is 19.1. The van der Waals surface area contributed by atoms with Crippen LogP contribution >= 0.6 is 0 Å². The van der Waals surface area contributed by atoms with Gasteiger partial charge in [-0.1, -0.05) is 0 Å². The van der Waals surface area contributed by atoms with E-state index in [-0.39, 0.29) is 6.10 Å². The number of hydrogen-bond donors (Lipinski definition) is 1. The summed E-state index contributed by atoms with van der Waals surface area (Å²) < 4.78 is 32.3. The van der Waals surface area contributed by atoms with E-state index in [9.17, 15) is 8.78 Å². The van der Waals surface area contributed by atoms with E-state index in [1.54, 1.807) is 6.92 Å². The fourth-order valence-corrected chi connectivity index (χ4v) is 2.36. The summed E-state index contributed by atoms with van der Waals surface area (Å²) >= 11 is 0. The number of hydrogen-bond acceptors (Lipinski definition) is 2. The SMILES string of the molecule is Cc1cc(C(N)CCC2CCCO2)c(F)cc1F. The smallest absolute Gasteiger partial charge is 0.130 e. The molecule has 0 radical (unpaired) electrons. The second kappa shape index (κ2) is 5.76. The molecule has 4 heteroatoms. The number of rotatable bonds is 4. The van der Waals surface area contributed by atoms with Gasteiger partial charge in [0, 0.05) is 24.3 Å². The highest BCUT2D eigenvalue weighted by molar-refractivity contribution is 5.28. The maximum absolute atomic E-state index is 13.6. The molecule has 18 heavy (non-hydrogen) atoms. The second-order valence-corrected chi connectivity index (χ2v) is 4.94. The van der Waals surface area contributed by atoms with Crippen LogP contribution in [0.4, 0.5) is 8.78 Å². The summed E-state index contributed by atoms with van der Waals surface area (Å²) in [6.07, 6.45) is 3.88. The Morgan fingerprint density at radius 2 is 2.17 bits per heavy atom. The third kappa shape index (κ3) is 3.06. The first-order valence-corrected chi connectivity index (χ1v) is 6.40. The minimum Gasteiger partial charge on any atom is -0.378 e. The normalized spacial score (nSPS) is 21.2. The molecule has 2 rings (SSSR count). The Labute approximate surface area is 106 Å². The van der Waals surface area contributed by atoms with Gasteiger partial charge in [-0.2, -0.15) is 0 Å². The summed E-state index contributed by atoms with van der Waals surface area (Å²) in [5, 5.41) is 0. The Hall–Kier alpha value is -1.00. The molecular formula is C14H19F2NO. The van der Waals surface area contributed by atoms with E-state index in [4.69, 9.17) is 10.5 Å². The Morgan fingerprint density at radius 1 is 1.39 bits per heavy atom. The molecule has 1 fully saturated rings. The van der Waals surface area contributed by atoms with Crippen molar-refractivity contribution in [2.75, 3.05) is 6.61 Å². The molecule has 2 atom stereocenters. The van der Waals surface area contributed by atoms with Crippen LogP contribution in [0.5, 0.6) is 0 Å². The molecule has 1 saturated heterocycles. The summed E-state index contributed by atoms with van der Waals surface area (Å²) in [4.78, 5) is 0. The van der Waals surface area contributed by atoms with Crippen LogP contribution in [-0.4, -0.2) is 12.7 Å². The van der Waals surface area contributed by atoms with Crippen molar-refractivity contribution < 1.29 is 13.5 Å². The van der Waals surface area contributed by atoms with Crippen LogP contribution in [0.1, 0.15) is 42.9 Å². The lowest BCUT2D eigenvalue weighted by atomic mass is 9.98. The van der Waals surface area contributed by atoms with Crippen molar-refractivity contribution in [3.8, 4) is 0 Å². The van der Waals surface area contributed by atoms with Gasteiger partial charge in [-0.3, -0.25) is 0 Å². The molecule has 0 aromatic heterocycles. The molecule has 1 aliphatic rings. The summed E-state index contributed by atoms with van der Waals surface area (Å²) in [6, 6.07) is 2.02.